The van der Waals surface area contributed by atoms with E-state index < -0.39 is 0 Å². The largest absolute Gasteiger partial charge is 0.367 e. The zero-order valence-electron chi connectivity index (χ0n) is 16.5. The molecule has 0 saturated heterocycles. The molecule has 7 nitrogen and oxygen atoms in total. The lowest BCUT2D eigenvalue weighted by Gasteiger charge is -2.15. The lowest BCUT2D eigenvalue weighted by Crippen LogP contribution is -2.20. The zero-order valence-corrected chi connectivity index (χ0v) is 16.5. The Hall–Kier alpha value is -3.74. The molecule has 0 bridgehead atoms. The van der Waals surface area contributed by atoms with Gasteiger partial charge < -0.3 is 15.2 Å². The Balaban J connectivity index is 1.75. The van der Waals surface area contributed by atoms with Gasteiger partial charge in [0, 0.05) is 43.4 Å². The third kappa shape index (κ3) is 3.94. The summed E-state index contributed by atoms with van der Waals surface area (Å²) in [4.78, 5) is 25.9. The van der Waals surface area contributed by atoms with Crippen LogP contribution >= 0.6 is 0 Å². The molecule has 0 spiro atoms. The first-order valence-electron chi connectivity index (χ1n) is 9.41. The minimum atomic E-state index is -0.0820. The van der Waals surface area contributed by atoms with Gasteiger partial charge in [-0.05, 0) is 55.1 Å². The third-order valence-electron chi connectivity index (χ3n) is 4.50. The molecule has 0 aromatic carbocycles. The Bertz CT molecular complexity index is 1220. The minimum absolute atomic E-state index is 0.0820. The van der Waals surface area contributed by atoms with Crippen molar-refractivity contribution in [3.63, 3.8) is 0 Å². The number of aromatic nitrogens is 4. The van der Waals surface area contributed by atoms with Crippen LogP contribution in [0.4, 0.5) is 17.5 Å². The number of nitrogens with one attached hydrogen (secondary N) is 2. The standard InChI is InChI=1S/C22H22N6O/c1-14(2)25-21-20-16(7-10-28(3)22(20)29)12-19(27-21)26-18-11-15(6-9-24-18)17-5-4-8-23-13-17/h4-14H,1-3H3,(H2,24,25,26,27). The van der Waals surface area contributed by atoms with Gasteiger partial charge in [-0.15, -0.1) is 0 Å². The number of hydrogen-bond donors (Lipinski definition) is 2. The predicted molar refractivity (Wildman–Crippen MR) is 116 cm³/mol. The van der Waals surface area contributed by atoms with Gasteiger partial charge in [0.05, 0.1) is 5.39 Å². The van der Waals surface area contributed by atoms with E-state index in [4.69, 9.17) is 0 Å². The number of fused-ring (bicyclic) bond motifs is 1. The second-order valence-electron chi connectivity index (χ2n) is 7.15. The van der Waals surface area contributed by atoms with Crippen molar-refractivity contribution in [1.29, 1.82) is 0 Å². The summed E-state index contributed by atoms with van der Waals surface area (Å²) in [6.45, 7) is 4.03. The average Bonchev–Trinajstić information content (AvgIpc) is 2.71. The fraction of sp³-hybridized carbons (Fsp3) is 0.182. The van der Waals surface area contributed by atoms with Crippen molar-refractivity contribution in [3.8, 4) is 11.1 Å². The first kappa shape index (κ1) is 18.6. The smallest absolute Gasteiger partial charge is 0.261 e. The lowest BCUT2D eigenvalue weighted by atomic mass is 10.1. The molecule has 4 aromatic rings. The summed E-state index contributed by atoms with van der Waals surface area (Å²) < 4.78 is 1.56. The van der Waals surface area contributed by atoms with Gasteiger partial charge >= 0.3 is 0 Å². The van der Waals surface area contributed by atoms with Crippen LogP contribution in [-0.2, 0) is 7.05 Å². The molecular formula is C22H22N6O. The van der Waals surface area contributed by atoms with Crippen molar-refractivity contribution in [1.82, 2.24) is 19.5 Å². The van der Waals surface area contributed by atoms with Crippen LogP contribution < -0.4 is 16.2 Å². The second-order valence-corrected chi connectivity index (χ2v) is 7.15. The highest BCUT2D eigenvalue weighted by Gasteiger charge is 2.12. The fourth-order valence-electron chi connectivity index (χ4n) is 3.14. The summed E-state index contributed by atoms with van der Waals surface area (Å²) in [7, 11) is 1.74. The molecule has 0 aliphatic rings. The highest BCUT2D eigenvalue weighted by Crippen LogP contribution is 2.26. The number of nitrogens with zero attached hydrogens (tertiary/aromatic N) is 4. The number of pyridine rings is 4. The van der Waals surface area contributed by atoms with Crippen molar-refractivity contribution in [2.75, 3.05) is 10.6 Å². The van der Waals surface area contributed by atoms with Crippen LogP contribution in [0.2, 0.25) is 0 Å². The van der Waals surface area contributed by atoms with Crippen LogP contribution in [0.15, 0.2) is 66.0 Å². The molecular weight excluding hydrogens is 364 g/mol. The summed E-state index contributed by atoms with van der Waals surface area (Å²) in [5.41, 5.74) is 1.93. The predicted octanol–water partition coefficient (Wildman–Crippen LogP) is 3.95. The van der Waals surface area contributed by atoms with Gasteiger partial charge in [0.25, 0.3) is 5.56 Å². The molecule has 29 heavy (non-hydrogen) atoms. The summed E-state index contributed by atoms with van der Waals surface area (Å²) in [5.74, 6) is 1.84. The van der Waals surface area contributed by atoms with E-state index in [0.29, 0.717) is 22.8 Å². The first-order chi connectivity index (χ1) is 14.0. The van der Waals surface area contributed by atoms with Crippen LogP contribution in [0.5, 0.6) is 0 Å². The van der Waals surface area contributed by atoms with Gasteiger partial charge in [-0.25, -0.2) is 9.97 Å². The van der Waals surface area contributed by atoms with E-state index >= 15 is 0 Å². The summed E-state index contributed by atoms with van der Waals surface area (Å²) in [6, 6.07) is 11.7. The number of anilines is 3. The third-order valence-corrected chi connectivity index (χ3v) is 4.50. The quantitative estimate of drug-likeness (QED) is 0.540. The van der Waals surface area contributed by atoms with Gasteiger partial charge in [0.1, 0.15) is 17.5 Å². The maximum Gasteiger partial charge on any atom is 0.261 e. The molecule has 0 saturated carbocycles. The molecule has 0 amide bonds. The van der Waals surface area contributed by atoms with E-state index in [0.717, 1.165) is 16.5 Å². The SMILES string of the molecule is CC(C)Nc1nc(Nc2cc(-c3cccnc3)ccn2)cc2ccn(C)c(=O)c12. The van der Waals surface area contributed by atoms with Crippen molar-refractivity contribution in [3.05, 3.63) is 71.5 Å². The van der Waals surface area contributed by atoms with Crippen LogP contribution in [0.3, 0.4) is 0 Å². The molecule has 0 aliphatic carbocycles. The molecule has 0 unspecified atom stereocenters. The van der Waals surface area contributed by atoms with Gasteiger partial charge in [-0.3, -0.25) is 9.78 Å². The average molecular weight is 386 g/mol. The summed E-state index contributed by atoms with van der Waals surface area (Å²) in [5, 5.41) is 7.94. The maximum absolute atomic E-state index is 12.6. The van der Waals surface area contributed by atoms with E-state index in [9.17, 15) is 4.79 Å². The topological polar surface area (TPSA) is 84.7 Å². The van der Waals surface area contributed by atoms with Crippen LogP contribution in [0, 0.1) is 0 Å². The van der Waals surface area contributed by atoms with Crippen LogP contribution in [-0.4, -0.2) is 25.6 Å². The van der Waals surface area contributed by atoms with E-state index in [1.54, 1.807) is 30.2 Å². The van der Waals surface area contributed by atoms with Gasteiger partial charge in [0.2, 0.25) is 0 Å². The normalized spacial score (nSPS) is 11.0. The van der Waals surface area contributed by atoms with Gasteiger partial charge in [-0.2, -0.15) is 0 Å². The Labute approximate surface area is 168 Å². The number of aryl methyl sites for hydroxylation is 1. The zero-order chi connectivity index (χ0) is 20.4. The molecule has 4 heterocycles. The molecule has 7 heteroatoms. The van der Waals surface area contributed by atoms with Crippen molar-refractivity contribution >= 4 is 28.2 Å². The second kappa shape index (κ2) is 7.71. The Morgan fingerprint density at radius 2 is 1.90 bits per heavy atom. The number of rotatable bonds is 5. The van der Waals surface area contributed by atoms with E-state index in [2.05, 4.69) is 25.6 Å². The Morgan fingerprint density at radius 1 is 1.03 bits per heavy atom. The summed E-state index contributed by atoms with van der Waals surface area (Å²) >= 11 is 0. The van der Waals surface area contributed by atoms with Gasteiger partial charge in [0.15, 0.2) is 0 Å². The summed E-state index contributed by atoms with van der Waals surface area (Å²) in [6.07, 6.45) is 7.06. The van der Waals surface area contributed by atoms with Crippen molar-refractivity contribution < 1.29 is 0 Å². The van der Waals surface area contributed by atoms with Crippen LogP contribution in [0.1, 0.15) is 13.8 Å². The lowest BCUT2D eigenvalue weighted by molar-refractivity contribution is 0.866. The minimum Gasteiger partial charge on any atom is -0.367 e. The maximum atomic E-state index is 12.6. The molecule has 0 fully saturated rings. The molecule has 0 atom stereocenters. The fourth-order valence-corrected chi connectivity index (χ4v) is 3.14. The molecule has 146 valence electrons. The molecule has 4 aromatic heterocycles. The number of hydrogen-bond acceptors (Lipinski definition) is 6. The van der Waals surface area contributed by atoms with Crippen molar-refractivity contribution in [2.24, 2.45) is 7.05 Å². The highest BCUT2D eigenvalue weighted by atomic mass is 16.1. The highest BCUT2D eigenvalue weighted by molar-refractivity contribution is 5.93. The Kier molecular flexibility index (Phi) is 4.95. The van der Waals surface area contributed by atoms with Gasteiger partial charge in [-0.1, -0.05) is 6.07 Å². The van der Waals surface area contributed by atoms with Crippen molar-refractivity contribution in [2.45, 2.75) is 19.9 Å². The first-order valence-corrected chi connectivity index (χ1v) is 9.41. The Morgan fingerprint density at radius 3 is 2.66 bits per heavy atom. The van der Waals surface area contributed by atoms with Crippen LogP contribution in [0.25, 0.3) is 21.9 Å². The van der Waals surface area contributed by atoms with E-state index in [1.165, 1.54) is 0 Å². The monoisotopic (exact) mass is 386 g/mol. The molecule has 2 N–H and O–H groups in total. The molecule has 0 aliphatic heterocycles. The van der Waals surface area contributed by atoms with E-state index in [-0.39, 0.29) is 11.6 Å². The molecule has 0 radical (unpaired) electrons. The molecule has 4 rings (SSSR count). The van der Waals surface area contributed by atoms with E-state index in [1.807, 2.05) is 56.4 Å².